The van der Waals surface area contributed by atoms with Crippen LogP contribution in [0.2, 0.25) is 0 Å². The Hall–Kier alpha value is -1.82. The quantitative estimate of drug-likeness (QED) is 0.143. The number of ether oxygens (including phenoxy) is 5. The van der Waals surface area contributed by atoms with E-state index in [4.69, 9.17) is 23.7 Å². The minimum absolute atomic E-state index is 0.0423. The van der Waals surface area contributed by atoms with E-state index in [1.807, 2.05) is 13.8 Å². The van der Waals surface area contributed by atoms with Gasteiger partial charge in [0, 0.05) is 18.4 Å². The largest absolute Gasteiger partial charge is 0.456 e. The molecule has 7 aliphatic rings. The minimum Gasteiger partial charge on any atom is -0.456 e. The lowest BCUT2D eigenvalue weighted by atomic mass is 9.46. The van der Waals surface area contributed by atoms with Crippen molar-refractivity contribution in [2.24, 2.45) is 34.5 Å². The standard InChI is InChI=1S/C40H60O14/c1-17-13-28(53-35(48)18(17)2)40(6,49)26-10-9-23-22-8-7-20-14-21(15-27(42)39(20,5)24(22)11-12-38(23,26)4)51-37-33(47)31(45)34(25(16-41)52-37)54-36-32(46)30(44)29(43)19(3)50-36/h7,19,21-26,28-34,36-37,41,43-47,49H,8-16H2,1-6H3/t19-,21+,22-,23-,24-,25+,26-,28?,29-,30+,31+,32+,33+,34+,36-,37+,38-,39-,40+/m0/s1. The van der Waals surface area contributed by atoms with Crippen LogP contribution in [0.3, 0.4) is 0 Å². The molecule has 2 saturated heterocycles. The third-order valence-electron chi connectivity index (χ3n) is 15.2. The Labute approximate surface area is 316 Å². The molecule has 304 valence electrons. The molecule has 7 N–H and O–H groups in total. The highest BCUT2D eigenvalue weighted by Gasteiger charge is 2.64. The van der Waals surface area contributed by atoms with E-state index in [1.165, 1.54) is 6.92 Å². The van der Waals surface area contributed by atoms with Gasteiger partial charge in [-0.1, -0.05) is 24.1 Å². The SMILES string of the molecule is CC1=C(C)C(=O)OC([C@](C)(O)[C@H]2CC[C@H]3[C@@H]4CC=C5C[C@@H](O[C@@H]6O[C@H](CO)[C@@H](O[C@@H]7O[C@@H](C)[C@H](O)[C@@H](O)[C@H]7O)[C@H](O)[C@H]6O)CC(=O)[C@]5(C)[C@H]4CC[C@@]32C)C1. The number of aliphatic hydroxyl groups excluding tert-OH is 6. The van der Waals surface area contributed by atoms with E-state index < -0.39 is 91.2 Å². The van der Waals surface area contributed by atoms with Gasteiger partial charge in [0.2, 0.25) is 0 Å². The van der Waals surface area contributed by atoms with Gasteiger partial charge in [-0.25, -0.2) is 4.79 Å². The van der Waals surface area contributed by atoms with Crippen LogP contribution < -0.4 is 0 Å². The highest BCUT2D eigenvalue weighted by atomic mass is 16.7. The van der Waals surface area contributed by atoms with Crippen LogP contribution in [0, 0.1) is 34.5 Å². The Morgan fingerprint density at radius 2 is 1.56 bits per heavy atom. The molecule has 3 saturated carbocycles. The normalized spacial score (nSPS) is 50.7. The number of Topliss-reactive ketones (excluding diaryl/α,β-unsaturated/α-hetero) is 1. The lowest BCUT2D eigenvalue weighted by Gasteiger charge is -2.58. The summed E-state index contributed by atoms with van der Waals surface area (Å²) in [6.07, 6.45) is -8.19. The van der Waals surface area contributed by atoms with Gasteiger partial charge in [0.25, 0.3) is 0 Å². The van der Waals surface area contributed by atoms with Gasteiger partial charge < -0.3 is 59.4 Å². The van der Waals surface area contributed by atoms with Gasteiger partial charge in [0.15, 0.2) is 12.6 Å². The van der Waals surface area contributed by atoms with E-state index in [2.05, 4.69) is 19.9 Å². The molecular weight excluding hydrogens is 704 g/mol. The van der Waals surface area contributed by atoms with Crippen LogP contribution in [-0.2, 0) is 33.3 Å². The predicted octanol–water partition coefficient (Wildman–Crippen LogP) is 1.18. The lowest BCUT2D eigenvalue weighted by molar-refractivity contribution is -0.360. The molecule has 0 spiro atoms. The van der Waals surface area contributed by atoms with Gasteiger partial charge >= 0.3 is 5.97 Å². The predicted molar refractivity (Wildman–Crippen MR) is 189 cm³/mol. The number of aliphatic hydroxyl groups is 7. The second-order valence-electron chi connectivity index (χ2n) is 18.0. The van der Waals surface area contributed by atoms with Gasteiger partial charge in [-0.05, 0) is 102 Å². The number of hydrogen-bond donors (Lipinski definition) is 7. The first-order chi connectivity index (χ1) is 25.3. The van der Waals surface area contributed by atoms with Crippen LogP contribution in [0.4, 0.5) is 0 Å². The molecule has 7 rings (SSSR count). The van der Waals surface area contributed by atoms with Crippen molar-refractivity contribution in [2.45, 2.75) is 172 Å². The molecule has 0 radical (unpaired) electrons. The number of carbonyl (C=O) groups is 2. The first kappa shape index (κ1) is 40.4. The summed E-state index contributed by atoms with van der Waals surface area (Å²) in [7, 11) is 0. The van der Waals surface area contributed by atoms with Gasteiger partial charge in [-0.15, -0.1) is 0 Å². The van der Waals surface area contributed by atoms with Crippen molar-refractivity contribution in [1.82, 2.24) is 0 Å². The van der Waals surface area contributed by atoms with Crippen molar-refractivity contribution < 1.29 is 69.0 Å². The second kappa shape index (κ2) is 14.5. The Morgan fingerprint density at radius 1 is 0.870 bits per heavy atom. The molecule has 14 nitrogen and oxygen atoms in total. The maximum Gasteiger partial charge on any atom is 0.334 e. The van der Waals surface area contributed by atoms with E-state index in [-0.39, 0.29) is 47.3 Å². The summed E-state index contributed by atoms with van der Waals surface area (Å²) in [4.78, 5) is 26.9. The molecule has 0 aromatic heterocycles. The Balaban J connectivity index is 1.02. The highest BCUT2D eigenvalue weighted by molar-refractivity contribution is 5.90. The molecular formula is C40H60O14. The second-order valence-corrected chi connectivity index (χ2v) is 18.0. The van der Waals surface area contributed by atoms with Crippen LogP contribution in [-0.4, -0.2) is 133 Å². The van der Waals surface area contributed by atoms with Crippen molar-refractivity contribution in [3.8, 4) is 0 Å². The topological polar surface area (TPSA) is 222 Å². The van der Waals surface area contributed by atoms with Gasteiger partial charge in [0.1, 0.15) is 60.2 Å². The Morgan fingerprint density at radius 3 is 2.24 bits per heavy atom. The summed E-state index contributed by atoms with van der Waals surface area (Å²) in [5.74, 6) is 0.267. The number of fused-ring (bicyclic) bond motifs is 5. The molecule has 0 aromatic rings. The summed E-state index contributed by atoms with van der Waals surface area (Å²) in [5, 5.41) is 75.1. The average molecular weight is 765 g/mol. The Kier molecular flexibility index (Phi) is 10.9. The molecule has 19 atom stereocenters. The summed E-state index contributed by atoms with van der Waals surface area (Å²) < 4.78 is 29.1. The van der Waals surface area contributed by atoms with Gasteiger partial charge in [0.05, 0.1) is 24.2 Å². The molecule has 3 heterocycles. The van der Waals surface area contributed by atoms with E-state index >= 15 is 0 Å². The first-order valence-electron chi connectivity index (χ1n) is 19.8. The third-order valence-corrected chi connectivity index (χ3v) is 15.2. The van der Waals surface area contributed by atoms with Crippen molar-refractivity contribution in [2.75, 3.05) is 6.61 Å². The number of cyclic esters (lactones) is 1. The van der Waals surface area contributed by atoms with Gasteiger partial charge in [-0.3, -0.25) is 4.79 Å². The van der Waals surface area contributed by atoms with Crippen molar-refractivity contribution in [3.05, 3.63) is 22.8 Å². The van der Waals surface area contributed by atoms with Crippen LogP contribution in [0.25, 0.3) is 0 Å². The molecule has 1 unspecified atom stereocenters. The molecule has 14 heteroatoms. The minimum atomic E-state index is -1.67. The summed E-state index contributed by atoms with van der Waals surface area (Å²) >= 11 is 0. The molecule has 5 fully saturated rings. The molecule has 54 heavy (non-hydrogen) atoms. The number of ketones is 1. The van der Waals surface area contributed by atoms with E-state index in [1.54, 1.807) is 6.92 Å². The number of carbonyl (C=O) groups excluding carboxylic acids is 2. The van der Waals surface area contributed by atoms with Crippen LogP contribution in [0.15, 0.2) is 22.8 Å². The van der Waals surface area contributed by atoms with Crippen molar-refractivity contribution in [3.63, 3.8) is 0 Å². The smallest absolute Gasteiger partial charge is 0.334 e. The zero-order valence-electron chi connectivity index (χ0n) is 32.2. The van der Waals surface area contributed by atoms with E-state index in [0.717, 1.165) is 43.3 Å². The molecule has 4 aliphatic carbocycles. The molecule has 3 aliphatic heterocycles. The van der Waals surface area contributed by atoms with Crippen LogP contribution in [0.1, 0.15) is 92.9 Å². The Bertz CT molecular complexity index is 1520. The van der Waals surface area contributed by atoms with E-state index in [9.17, 15) is 45.3 Å². The fourth-order valence-corrected chi connectivity index (χ4v) is 11.8. The monoisotopic (exact) mass is 764 g/mol. The van der Waals surface area contributed by atoms with Crippen molar-refractivity contribution >= 4 is 11.8 Å². The number of hydrogen-bond acceptors (Lipinski definition) is 14. The van der Waals surface area contributed by atoms with Gasteiger partial charge in [-0.2, -0.15) is 0 Å². The third kappa shape index (κ3) is 6.36. The highest BCUT2D eigenvalue weighted by Crippen LogP contribution is 2.67. The van der Waals surface area contributed by atoms with Crippen molar-refractivity contribution in [1.29, 1.82) is 0 Å². The average Bonchev–Trinajstić information content (AvgIpc) is 3.50. The first-order valence-corrected chi connectivity index (χ1v) is 19.8. The fraction of sp³-hybridized carbons (Fsp3) is 0.850. The molecule has 0 aromatic carbocycles. The van der Waals surface area contributed by atoms with Crippen LogP contribution in [0.5, 0.6) is 0 Å². The maximum atomic E-state index is 14.3. The number of rotatable bonds is 7. The molecule has 0 amide bonds. The fourth-order valence-electron chi connectivity index (χ4n) is 11.8. The summed E-state index contributed by atoms with van der Waals surface area (Å²) in [6.45, 7) is 10.7. The maximum absolute atomic E-state index is 14.3. The summed E-state index contributed by atoms with van der Waals surface area (Å²) in [6, 6.07) is 0. The zero-order valence-corrected chi connectivity index (χ0v) is 32.2. The van der Waals surface area contributed by atoms with E-state index in [0.29, 0.717) is 18.4 Å². The zero-order chi connectivity index (χ0) is 39.2. The summed E-state index contributed by atoms with van der Waals surface area (Å²) in [5.41, 5.74) is 0.469. The lowest BCUT2D eigenvalue weighted by Crippen LogP contribution is -2.64. The van der Waals surface area contributed by atoms with Crippen LogP contribution >= 0.6 is 0 Å². The number of allylic oxidation sites excluding steroid dienone is 1. The number of esters is 1. The molecule has 0 bridgehead atoms.